The molecule has 0 bridgehead atoms. The molecular weight excluding hydrogens is 465 g/mol. The zero-order chi connectivity index (χ0) is 24.2. The molecule has 1 aliphatic carbocycles. The van der Waals surface area contributed by atoms with Crippen molar-refractivity contribution >= 4 is 23.5 Å². The first-order valence-electron chi connectivity index (χ1n) is 12.5. The normalized spacial score (nSPS) is 18.1. The van der Waals surface area contributed by atoms with Gasteiger partial charge in [0, 0.05) is 11.8 Å². The molecule has 1 saturated heterocycles. The molecule has 35 heavy (non-hydrogen) atoms. The topological polar surface area (TPSA) is 80.9 Å². The molecule has 2 aliphatic rings. The van der Waals surface area contributed by atoms with Gasteiger partial charge in [-0.05, 0) is 70.0 Å². The van der Waals surface area contributed by atoms with E-state index in [0.717, 1.165) is 43.3 Å². The van der Waals surface area contributed by atoms with Gasteiger partial charge in [0.25, 0.3) is 0 Å². The van der Waals surface area contributed by atoms with Gasteiger partial charge in [-0.3, -0.25) is 14.3 Å². The quantitative estimate of drug-likeness (QED) is 0.442. The Kier molecular flexibility index (Phi) is 7.48. The Bertz CT molecular complexity index is 1130. The number of benzene rings is 1. The van der Waals surface area contributed by atoms with E-state index >= 15 is 0 Å². The molecule has 2 fully saturated rings. The van der Waals surface area contributed by atoms with E-state index in [1.807, 2.05) is 15.3 Å². The number of anilines is 1. The monoisotopic (exact) mass is 497 g/mol. The van der Waals surface area contributed by atoms with Crippen LogP contribution >= 0.6 is 11.8 Å². The molecule has 1 amide bonds. The van der Waals surface area contributed by atoms with E-state index in [-0.39, 0.29) is 23.5 Å². The average Bonchev–Trinajstić information content (AvgIpc) is 3.64. The number of carbonyl (C=O) groups is 1. The molecule has 1 aliphatic heterocycles. The van der Waals surface area contributed by atoms with Gasteiger partial charge < -0.3 is 5.32 Å². The Balaban J connectivity index is 1.33. The number of nitrogens with zero attached hydrogens (tertiary/aromatic N) is 6. The summed E-state index contributed by atoms with van der Waals surface area (Å²) in [6.07, 6.45) is 9.93. The number of carbonyl (C=O) groups excluding carboxylic acids is 1. The van der Waals surface area contributed by atoms with Crippen LogP contribution in [-0.4, -0.2) is 54.2 Å². The minimum Gasteiger partial charge on any atom is -0.310 e. The van der Waals surface area contributed by atoms with E-state index in [9.17, 15) is 9.18 Å². The van der Waals surface area contributed by atoms with Gasteiger partial charge in [-0.25, -0.2) is 9.07 Å². The first kappa shape index (κ1) is 24.0. The van der Waals surface area contributed by atoms with Crippen molar-refractivity contribution in [2.75, 3.05) is 24.2 Å². The average molecular weight is 498 g/mol. The van der Waals surface area contributed by atoms with Crippen LogP contribution in [0.1, 0.15) is 69.8 Å². The molecule has 1 aromatic carbocycles. The number of aromatic nitrogens is 5. The maximum absolute atomic E-state index is 13.6. The molecule has 1 atom stereocenters. The number of amides is 1. The van der Waals surface area contributed by atoms with Crippen LogP contribution in [0.3, 0.4) is 0 Å². The maximum atomic E-state index is 13.6. The van der Waals surface area contributed by atoms with E-state index < -0.39 is 0 Å². The molecular formula is C25H32FN7OS. The SMILES string of the molecule is C[C@H](c1nnc(SCC(=O)Nc2ccnn2C2CCCC2)n1-c1ccc(F)cc1)N1CCCCC1. The van der Waals surface area contributed by atoms with Crippen LogP contribution in [0, 0.1) is 5.82 Å². The molecule has 0 unspecified atom stereocenters. The smallest absolute Gasteiger partial charge is 0.235 e. The molecule has 3 heterocycles. The molecule has 0 radical (unpaired) electrons. The Morgan fingerprint density at radius 3 is 2.57 bits per heavy atom. The van der Waals surface area contributed by atoms with Crippen molar-refractivity contribution in [2.45, 2.75) is 69.1 Å². The zero-order valence-electron chi connectivity index (χ0n) is 20.1. The van der Waals surface area contributed by atoms with Crippen molar-refractivity contribution in [3.63, 3.8) is 0 Å². The molecule has 3 aromatic rings. The Hall–Kier alpha value is -2.72. The highest BCUT2D eigenvalue weighted by atomic mass is 32.2. The summed E-state index contributed by atoms with van der Waals surface area (Å²) in [5.74, 6) is 1.32. The number of hydrogen-bond acceptors (Lipinski definition) is 6. The van der Waals surface area contributed by atoms with Gasteiger partial charge in [0.1, 0.15) is 11.6 Å². The highest BCUT2D eigenvalue weighted by Gasteiger charge is 2.26. The minimum atomic E-state index is -0.292. The van der Waals surface area contributed by atoms with E-state index in [4.69, 9.17) is 0 Å². The summed E-state index contributed by atoms with van der Waals surface area (Å²) in [5, 5.41) is 17.0. The zero-order valence-corrected chi connectivity index (χ0v) is 20.9. The Labute approximate surface area is 209 Å². The number of likely N-dealkylation sites (tertiary alicyclic amines) is 1. The Morgan fingerprint density at radius 2 is 1.83 bits per heavy atom. The molecule has 1 N–H and O–H groups in total. The molecule has 10 heteroatoms. The van der Waals surface area contributed by atoms with Crippen molar-refractivity contribution in [1.82, 2.24) is 29.4 Å². The van der Waals surface area contributed by atoms with Crippen molar-refractivity contribution in [1.29, 1.82) is 0 Å². The lowest BCUT2D eigenvalue weighted by atomic mass is 10.1. The van der Waals surface area contributed by atoms with E-state index in [2.05, 4.69) is 32.4 Å². The van der Waals surface area contributed by atoms with Crippen LogP contribution in [-0.2, 0) is 4.79 Å². The standard InChI is InChI=1S/C25H32FN7OS/c1-18(31-15-5-2-6-16-31)24-29-30-25(32(24)20-11-9-19(26)10-12-20)35-17-23(34)28-22-13-14-27-33(22)21-7-3-4-8-21/h9-14,18,21H,2-8,15-17H2,1H3,(H,28,34)/t18-/m1/s1. The van der Waals surface area contributed by atoms with Crippen LogP contribution in [0.15, 0.2) is 41.7 Å². The highest BCUT2D eigenvalue weighted by molar-refractivity contribution is 7.99. The van der Waals surface area contributed by atoms with Gasteiger partial charge in [0.15, 0.2) is 11.0 Å². The van der Waals surface area contributed by atoms with E-state index in [1.165, 1.54) is 56.0 Å². The summed E-state index contributed by atoms with van der Waals surface area (Å²) in [5.41, 5.74) is 0.789. The van der Waals surface area contributed by atoms with Crippen LogP contribution < -0.4 is 5.32 Å². The number of hydrogen-bond donors (Lipinski definition) is 1. The lowest BCUT2D eigenvalue weighted by molar-refractivity contribution is -0.113. The van der Waals surface area contributed by atoms with Crippen molar-refractivity contribution in [2.24, 2.45) is 0 Å². The molecule has 0 spiro atoms. The number of nitrogens with one attached hydrogen (secondary N) is 1. The fourth-order valence-electron chi connectivity index (χ4n) is 5.11. The number of piperidine rings is 1. The van der Waals surface area contributed by atoms with Gasteiger partial charge in [-0.15, -0.1) is 10.2 Å². The fourth-order valence-corrected chi connectivity index (χ4v) is 5.87. The molecule has 1 saturated carbocycles. The second-order valence-electron chi connectivity index (χ2n) is 9.36. The second kappa shape index (κ2) is 10.9. The number of thioether (sulfide) groups is 1. The van der Waals surface area contributed by atoms with Gasteiger partial charge in [0.2, 0.25) is 5.91 Å². The van der Waals surface area contributed by atoms with Crippen LogP contribution in [0.2, 0.25) is 0 Å². The third kappa shape index (κ3) is 5.43. The fraction of sp³-hybridized carbons (Fsp3) is 0.520. The molecule has 5 rings (SSSR count). The Morgan fingerprint density at radius 1 is 1.09 bits per heavy atom. The summed E-state index contributed by atoms with van der Waals surface area (Å²) in [6.45, 7) is 4.19. The summed E-state index contributed by atoms with van der Waals surface area (Å²) >= 11 is 1.33. The van der Waals surface area contributed by atoms with Crippen LogP contribution in [0.5, 0.6) is 0 Å². The van der Waals surface area contributed by atoms with Crippen LogP contribution in [0.4, 0.5) is 10.2 Å². The number of halogens is 1. The van der Waals surface area contributed by atoms with Crippen molar-refractivity contribution in [3.05, 3.63) is 48.2 Å². The highest BCUT2D eigenvalue weighted by Crippen LogP contribution is 2.32. The van der Waals surface area contributed by atoms with E-state index in [0.29, 0.717) is 11.2 Å². The third-order valence-corrected chi connectivity index (χ3v) is 7.92. The first-order chi connectivity index (χ1) is 17.1. The second-order valence-corrected chi connectivity index (χ2v) is 10.3. The van der Waals surface area contributed by atoms with Crippen molar-refractivity contribution < 1.29 is 9.18 Å². The lowest BCUT2D eigenvalue weighted by Crippen LogP contribution is -2.33. The third-order valence-electron chi connectivity index (χ3n) is 7.00. The van der Waals surface area contributed by atoms with Crippen LogP contribution in [0.25, 0.3) is 5.69 Å². The van der Waals surface area contributed by atoms with Crippen molar-refractivity contribution in [3.8, 4) is 5.69 Å². The number of rotatable bonds is 8. The minimum absolute atomic E-state index is 0.0665. The van der Waals surface area contributed by atoms with Gasteiger partial charge >= 0.3 is 0 Å². The van der Waals surface area contributed by atoms with Gasteiger partial charge in [-0.1, -0.05) is 31.0 Å². The van der Waals surface area contributed by atoms with Gasteiger partial charge in [-0.2, -0.15) is 5.10 Å². The van der Waals surface area contributed by atoms with E-state index in [1.54, 1.807) is 18.3 Å². The molecule has 8 nitrogen and oxygen atoms in total. The maximum Gasteiger partial charge on any atom is 0.235 e. The predicted octanol–water partition coefficient (Wildman–Crippen LogP) is 5.00. The summed E-state index contributed by atoms with van der Waals surface area (Å²) in [4.78, 5) is 15.3. The summed E-state index contributed by atoms with van der Waals surface area (Å²) in [6, 6.07) is 8.61. The first-order valence-corrected chi connectivity index (χ1v) is 13.5. The summed E-state index contributed by atoms with van der Waals surface area (Å²) in [7, 11) is 0. The molecule has 186 valence electrons. The lowest BCUT2D eigenvalue weighted by Gasteiger charge is -2.31. The predicted molar refractivity (Wildman–Crippen MR) is 134 cm³/mol. The van der Waals surface area contributed by atoms with Gasteiger partial charge in [0.05, 0.1) is 24.0 Å². The summed E-state index contributed by atoms with van der Waals surface area (Å²) < 4.78 is 17.5. The largest absolute Gasteiger partial charge is 0.310 e. The molecule has 2 aromatic heterocycles.